The first-order valence-electron chi connectivity index (χ1n) is 10.4. The molecule has 2 aromatic carbocycles. The lowest BCUT2D eigenvalue weighted by atomic mass is 9.84. The number of hydrogen-bond donors (Lipinski definition) is 1. The van der Waals surface area contributed by atoms with Crippen LogP contribution < -0.4 is 9.64 Å². The molecule has 0 aromatic heterocycles. The van der Waals surface area contributed by atoms with Crippen molar-refractivity contribution < 1.29 is 14.4 Å². The number of ether oxygens (including phenoxy) is 1. The van der Waals surface area contributed by atoms with Crippen LogP contribution in [0.2, 0.25) is 0 Å². The molecule has 144 valence electrons. The first-order chi connectivity index (χ1) is 13.2. The number of piperazine rings is 1. The number of carbonyl (C=O) groups excluding carboxylic acids is 1. The zero-order valence-corrected chi connectivity index (χ0v) is 16.3. The number of hydrogen-bond acceptors (Lipinski definition) is 2. The molecule has 2 aromatic rings. The van der Waals surface area contributed by atoms with E-state index in [1.54, 1.807) is 4.90 Å². The lowest BCUT2D eigenvalue weighted by Gasteiger charge is -2.40. The van der Waals surface area contributed by atoms with Crippen LogP contribution in [0.25, 0.3) is 10.8 Å². The predicted molar refractivity (Wildman–Crippen MR) is 108 cm³/mol. The topological polar surface area (TPSA) is 34.0 Å². The number of benzene rings is 2. The lowest BCUT2D eigenvalue weighted by molar-refractivity contribution is -0.934. The SMILES string of the molecule is C[C@H]1CCCC[C@@H]1[NH+]1CCN(C(=O)COc2ccc3ccccc3c2)CC1. The van der Waals surface area contributed by atoms with Gasteiger partial charge in [-0.25, -0.2) is 0 Å². The number of nitrogens with one attached hydrogen (secondary N) is 1. The van der Waals surface area contributed by atoms with Gasteiger partial charge in [-0.2, -0.15) is 0 Å². The van der Waals surface area contributed by atoms with Crippen molar-refractivity contribution in [3.8, 4) is 5.75 Å². The van der Waals surface area contributed by atoms with Crippen molar-refractivity contribution >= 4 is 16.7 Å². The van der Waals surface area contributed by atoms with E-state index in [4.69, 9.17) is 4.74 Å². The maximum Gasteiger partial charge on any atom is 0.260 e. The van der Waals surface area contributed by atoms with E-state index in [9.17, 15) is 4.79 Å². The highest BCUT2D eigenvalue weighted by Gasteiger charge is 2.33. The molecule has 0 radical (unpaired) electrons. The molecular weight excluding hydrogens is 336 g/mol. The summed E-state index contributed by atoms with van der Waals surface area (Å²) in [5, 5.41) is 2.33. The molecule has 4 nitrogen and oxygen atoms in total. The number of carbonyl (C=O) groups is 1. The van der Waals surface area contributed by atoms with Crippen molar-refractivity contribution in [1.29, 1.82) is 0 Å². The van der Waals surface area contributed by atoms with Gasteiger partial charge in [0.2, 0.25) is 0 Å². The second-order valence-electron chi connectivity index (χ2n) is 8.20. The average molecular weight is 368 g/mol. The predicted octanol–water partition coefficient (Wildman–Crippen LogP) is 2.52. The summed E-state index contributed by atoms with van der Waals surface area (Å²) in [5.41, 5.74) is 0. The highest BCUT2D eigenvalue weighted by atomic mass is 16.5. The number of rotatable bonds is 4. The number of fused-ring (bicyclic) bond motifs is 1. The van der Waals surface area contributed by atoms with Crippen LogP contribution in [-0.2, 0) is 4.79 Å². The van der Waals surface area contributed by atoms with Crippen molar-refractivity contribution in [3.63, 3.8) is 0 Å². The zero-order chi connectivity index (χ0) is 18.6. The van der Waals surface area contributed by atoms with Crippen LogP contribution >= 0.6 is 0 Å². The minimum absolute atomic E-state index is 0.110. The molecule has 0 bridgehead atoms. The van der Waals surface area contributed by atoms with Crippen LogP contribution in [0.15, 0.2) is 42.5 Å². The van der Waals surface area contributed by atoms with Gasteiger partial charge in [0.15, 0.2) is 6.61 Å². The Bertz CT molecular complexity index is 783. The molecule has 2 atom stereocenters. The molecule has 1 saturated heterocycles. The third kappa shape index (κ3) is 4.27. The summed E-state index contributed by atoms with van der Waals surface area (Å²) < 4.78 is 5.79. The molecule has 0 unspecified atom stereocenters. The van der Waals surface area contributed by atoms with Gasteiger partial charge in [0, 0.05) is 5.92 Å². The minimum atomic E-state index is 0.110. The Morgan fingerprint density at radius 2 is 1.81 bits per heavy atom. The molecular formula is C23H31N2O2+. The standard InChI is InChI=1S/C23H30N2O2/c1-18-6-2-5-9-22(18)24-12-14-25(15-13-24)23(26)17-27-21-11-10-19-7-3-4-8-20(19)16-21/h3-4,7-8,10-11,16,18,22H,2,5-6,9,12-15,17H2,1H3/p+1/t18-,22-/m0/s1. The summed E-state index contributed by atoms with van der Waals surface area (Å²) >= 11 is 0. The Labute approximate surface area is 162 Å². The van der Waals surface area contributed by atoms with Gasteiger partial charge in [0.25, 0.3) is 5.91 Å². The number of nitrogens with zero attached hydrogens (tertiary/aromatic N) is 1. The van der Waals surface area contributed by atoms with Gasteiger partial charge in [0.1, 0.15) is 5.75 Å². The van der Waals surface area contributed by atoms with Gasteiger partial charge in [-0.1, -0.05) is 43.7 Å². The first-order valence-corrected chi connectivity index (χ1v) is 10.4. The molecule has 1 amide bonds. The first kappa shape index (κ1) is 18.3. The summed E-state index contributed by atoms with van der Waals surface area (Å²) in [6, 6.07) is 15.0. The highest BCUT2D eigenvalue weighted by Crippen LogP contribution is 2.22. The molecule has 1 saturated carbocycles. The van der Waals surface area contributed by atoms with Crippen LogP contribution in [-0.4, -0.2) is 49.6 Å². The van der Waals surface area contributed by atoms with Gasteiger partial charge in [-0.15, -0.1) is 0 Å². The second kappa shape index (κ2) is 8.30. The Morgan fingerprint density at radius 1 is 1.07 bits per heavy atom. The third-order valence-corrected chi connectivity index (χ3v) is 6.48. The normalized spacial score (nSPS) is 24.1. The maximum absolute atomic E-state index is 12.6. The quantitative estimate of drug-likeness (QED) is 0.901. The van der Waals surface area contributed by atoms with Crippen molar-refractivity contribution in [2.45, 2.75) is 38.6 Å². The number of quaternary nitrogens is 1. The number of amides is 1. The van der Waals surface area contributed by atoms with E-state index < -0.39 is 0 Å². The molecule has 4 rings (SSSR count). The van der Waals surface area contributed by atoms with E-state index in [2.05, 4.69) is 19.1 Å². The Morgan fingerprint density at radius 3 is 2.59 bits per heavy atom. The van der Waals surface area contributed by atoms with E-state index in [0.717, 1.165) is 49.3 Å². The molecule has 1 aliphatic heterocycles. The van der Waals surface area contributed by atoms with Crippen LogP contribution in [0.4, 0.5) is 0 Å². The van der Waals surface area contributed by atoms with Gasteiger partial charge in [-0.3, -0.25) is 4.79 Å². The lowest BCUT2D eigenvalue weighted by Crippen LogP contribution is -3.19. The average Bonchev–Trinajstić information content (AvgIpc) is 2.72. The van der Waals surface area contributed by atoms with Gasteiger partial charge >= 0.3 is 0 Å². The zero-order valence-electron chi connectivity index (χ0n) is 16.3. The van der Waals surface area contributed by atoms with Crippen molar-refractivity contribution in [2.24, 2.45) is 5.92 Å². The largest absolute Gasteiger partial charge is 0.484 e. The van der Waals surface area contributed by atoms with E-state index in [1.165, 1.54) is 31.1 Å². The Balaban J connectivity index is 1.27. The fraction of sp³-hybridized carbons (Fsp3) is 0.522. The smallest absolute Gasteiger partial charge is 0.260 e. The summed E-state index contributed by atoms with van der Waals surface area (Å²) in [6.07, 6.45) is 5.49. The molecule has 1 N–H and O–H groups in total. The van der Waals surface area contributed by atoms with Crippen molar-refractivity contribution in [2.75, 3.05) is 32.8 Å². The van der Waals surface area contributed by atoms with E-state index >= 15 is 0 Å². The minimum Gasteiger partial charge on any atom is -0.484 e. The molecule has 1 heterocycles. The molecule has 2 aliphatic rings. The van der Waals surface area contributed by atoms with Crippen LogP contribution in [0.3, 0.4) is 0 Å². The second-order valence-corrected chi connectivity index (χ2v) is 8.20. The maximum atomic E-state index is 12.6. The Hall–Kier alpha value is -2.07. The van der Waals surface area contributed by atoms with Crippen LogP contribution in [0.1, 0.15) is 32.6 Å². The Kier molecular flexibility index (Phi) is 5.63. The summed E-state index contributed by atoms with van der Waals surface area (Å²) in [6.45, 7) is 6.42. The van der Waals surface area contributed by atoms with Gasteiger partial charge in [0.05, 0.1) is 32.2 Å². The van der Waals surface area contributed by atoms with Crippen molar-refractivity contribution in [3.05, 3.63) is 42.5 Å². The molecule has 1 aliphatic carbocycles. The van der Waals surface area contributed by atoms with E-state index in [-0.39, 0.29) is 12.5 Å². The summed E-state index contributed by atoms with van der Waals surface area (Å²) in [4.78, 5) is 16.3. The summed E-state index contributed by atoms with van der Waals surface area (Å²) in [5.74, 6) is 1.70. The molecule has 27 heavy (non-hydrogen) atoms. The van der Waals surface area contributed by atoms with E-state index in [0.29, 0.717) is 0 Å². The van der Waals surface area contributed by atoms with Gasteiger partial charge < -0.3 is 14.5 Å². The summed E-state index contributed by atoms with van der Waals surface area (Å²) in [7, 11) is 0. The monoisotopic (exact) mass is 367 g/mol. The third-order valence-electron chi connectivity index (χ3n) is 6.48. The van der Waals surface area contributed by atoms with Crippen LogP contribution in [0, 0.1) is 5.92 Å². The van der Waals surface area contributed by atoms with E-state index in [1.807, 2.05) is 35.2 Å². The van der Waals surface area contributed by atoms with Crippen molar-refractivity contribution in [1.82, 2.24) is 4.90 Å². The molecule has 0 spiro atoms. The highest BCUT2D eigenvalue weighted by molar-refractivity contribution is 5.84. The fourth-order valence-corrected chi connectivity index (χ4v) is 4.83. The fourth-order valence-electron chi connectivity index (χ4n) is 4.83. The molecule has 4 heteroatoms. The van der Waals surface area contributed by atoms with Crippen LogP contribution in [0.5, 0.6) is 5.75 Å². The van der Waals surface area contributed by atoms with Gasteiger partial charge in [-0.05, 0) is 42.2 Å². The molecule has 2 fully saturated rings.